The first kappa shape index (κ1) is 11.7. The van der Waals surface area contributed by atoms with Crippen LogP contribution in [0.5, 0.6) is 0 Å². The van der Waals surface area contributed by atoms with Crippen LogP contribution in [0.25, 0.3) is 10.6 Å². The van der Waals surface area contributed by atoms with E-state index in [9.17, 15) is 4.79 Å². The fraction of sp³-hybridized carbons (Fsp3) is 0.0833. The molecule has 0 aromatic carbocycles. The van der Waals surface area contributed by atoms with Gasteiger partial charge in [0.1, 0.15) is 12.3 Å². The van der Waals surface area contributed by atoms with Crippen LogP contribution in [-0.2, 0) is 6.54 Å². The number of nitrogens with zero attached hydrogens (tertiary/aromatic N) is 3. The average molecular weight is 275 g/mol. The zero-order valence-corrected chi connectivity index (χ0v) is 10.5. The number of carboxylic acid groups (broad SMARTS) is 1. The van der Waals surface area contributed by atoms with Crippen molar-refractivity contribution in [2.75, 3.05) is 0 Å². The van der Waals surface area contributed by atoms with Crippen LogP contribution in [0.1, 0.15) is 16.3 Å². The van der Waals surface area contributed by atoms with Crippen LogP contribution in [0.15, 0.2) is 40.3 Å². The van der Waals surface area contributed by atoms with Crippen LogP contribution >= 0.6 is 11.3 Å². The summed E-state index contributed by atoms with van der Waals surface area (Å²) in [4.78, 5) is 11.8. The first-order valence-electron chi connectivity index (χ1n) is 5.48. The molecule has 0 unspecified atom stereocenters. The summed E-state index contributed by atoms with van der Waals surface area (Å²) in [5.74, 6) is -0.628. The van der Waals surface area contributed by atoms with E-state index in [1.807, 2.05) is 17.5 Å². The number of hydrogen-bond donors (Lipinski definition) is 1. The molecule has 96 valence electrons. The van der Waals surface area contributed by atoms with E-state index < -0.39 is 5.97 Å². The van der Waals surface area contributed by atoms with Gasteiger partial charge < -0.3 is 9.52 Å². The lowest BCUT2D eigenvalue weighted by molar-refractivity contribution is 0.0660. The van der Waals surface area contributed by atoms with Gasteiger partial charge in [0.25, 0.3) is 0 Å². The molecule has 0 bridgehead atoms. The van der Waals surface area contributed by atoms with E-state index in [4.69, 9.17) is 9.52 Å². The third-order valence-electron chi connectivity index (χ3n) is 2.57. The molecule has 1 N–H and O–H groups in total. The third-order valence-corrected chi connectivity index (χ3v) is 3.46. The SMILES string of the molecule is O=C(O)c1ccc(Cn2nncc2-c2cccs2)o1. The molecule has 0 atom stereocenters. The summed E-state index contributed by atoms with van der Waals surface area (Å²) in [6.45, 7) is 0.348. The van der Waals surface area contributed by atoms with Crippen molar-refractivity contribution in [2.24, 2.45) is 0 Å². The molecule has 0 saturated carbocycles. The van der Waals surface area contributed by atoms with E-state index in [-0.39, 0.29) is 5.76 Å². The van der Waals surface area contributed by atoms with Gasteiger partial charge in [-0.1, -0.05) is 11.3 Å². The molecule has 3 aromatic heterocycles. The number of thiophene rings is 1. The predicted octanol–water partition coefficient (Wildman–Crippen LogP) is 2.35. The number of hydrogen-bond acceptors (Lipinski definition) is 5. The Morgan fingerprint density at radius 1 is 1.42 bits per heavy atom. The largest absolute Gasteiger partial charge is 0.475 e. The summed E-state index contributed by atoms with van der Waals surface area (Å²) >= 11 is 1.59. The minimum absolute atomic E-state index is 0.0761. The Bertz CT molecular complexity index is 699. The molecule has 0 spiro atoms. The third kappa shape index (κ3) is 2.27. The Morgan fingerprint density at radius 3 is 3.00 bits per heavy atom. The summed E-state index contributed by atoms with van der Waals surface area (Å²) < 4.78 is 6.88. The van der Waals surface area contributed by atoms with Crippen LogP contribution in [0.4, 0.5) is 0 Å². The highest BCUT2D eigenvalue weighted by atomic mass is 32.1. The Hall–Kier alpha value is -2.41. The van der Waals surface area contributed by atoms with Crippen LogP contribution in [0.3, 0.4) is 0 Å². The van der Waals surface area contributed by atoms with E-state index in [2.05, 4.69) is 10.3 Å². The molecule has 7 heteroatoms. The van der Waals surface area contributed by atoms with Crippen LogP contribution < -0.4 is 0 Å². The molecule has 0 aliphatic carbocycles. The van der Waals surface area contributed by atoms with E-state index in [0.717, 1.165) is 10.6 Å². The highest BCUT2D eigenvalue weighted by Crippen LogP contribution is 2.24. The van der Waals surface area contributed by atoms with Gasteiger partial charge in [-0.05, 0) is 23.6 Å². The van der Waals surface area contributed by atoms with Crippen molar-refractivity contribution in [3.05, 3.63) is 47.4 Å². The van der Waals surface area contributed by atoms with Gasteiger partial charge in [0.15, 0.2) is 0 Å². The van der Waals surface area contributed by atoms with Crippen LogP contribution in [-0.4, -0.2) is 26.1 Å². The Kier molecular flexibility index (Phi) is 2.88. The summed E-state index contributed by atoms with van der Waals surface area (Å²) in [5, 5.41) is 18.6. The molecule has 0 fully saturated rings. The lowest BCUT2D eigenvalue weighted by atomic mass is 10.3. The quantitative estimate of drug-likeness (QED) is 0.790. The van der Waals surface area contributed by atoms with Gasteiger partial charge in [0.2, 0.25) is 5.76 Å². The fourth-order valence-electron chi connectivity index (χ4n) is 1.72. The summed E-state index contributed by atoms with van der Waals surface area (Å²) in [7, 11) is 0. The Morgan fingerprint density at radius 2 is 2.32 bits per heavy atom. The van der Waals surface area contributed by atoms with Crippen molar-refractivity contribution in [1.82, 2.24) is 15.0 Å². The smallest absolute Gasteiger partial charge is 0.371 e. The number of carboxylic acids is 1. The van der Waals surface area contributed by atoms with Gasteiger partial charge >= 0.3 is 5.97 Å². The lowest BCUT2D eigenvalue weighted by Gasteiger charge is -2.01. The van der Waals surface area contributed by atoms with E-state index in [0.29, 0.717) is 12.3 Å². The van der Waals surface area contributed by atoms with Crippen molar-refractivity contribution >= 4 is 17.3 Å². The summed E-state index contributed by atoms with van der Waals surface area (Å²) in [6, 6.07) is 6.99. The second-order valence-electron chi connectivity index (χ2n) is 3.83. The molecular weight excluding hydrogens is 266 g/mol. The molecule has 0 radical (unpaired) electrons. The number of furan rings is 1. The van der Waals surface area contributed by atoms with Gasteiger partial charge in [0.05, 0.1) is 16.8 Å². The molecule has 0 saturated heterocycles. The van der Waals surface area contributed by atoms with Gasteiger partial charge in [-0.15, -0.1) is 16.4 Å². The van der Waals surface area contributed by atoms with Crippen molar-refractivity contribution < 1.29 is 14.3 Å². The number of rotatable bonds is 4. The summed E-state index contributed by atoms with van der Waals surface area (Å²) in [5.41, 5.74) is 0.878. The van der Waals surface area contributed by atoms with Crippen molar-refractivity contribution in [3.63, 3.8) is 0 Å². The molecule has 0 aliphatic rings. The lowest BCUT2D eigenvalue weighted by Crippen LogP contribution is -2.02. The maximum absolute atomic E-state index is 10.7. The first-order chi connectivity index (χ1) is 9.24. The van der Waals surface area contributed by atoms with Gasteiger partial charge in [-0.3, -0.25) is 0 Å². The summed E-state index contributed by atoms with van der Waals surface area (Å²) in [6.07, 6.45) is 1.67. The number of carbonyl (C=O) groups is 1. The highest BCUT2D eigenvalue weighted by Gasteiger charge is 2.12. The molecule has 0 amide bonds. The van der Waals surface area contributed by atoms with Crippen molar-refractivity contribution in [3.8, 4) is 10.6 Å². The standard InChI is InChI=1S/C12H9N3O3S/c16-12(17)10-4-3-8(18-10)7-15-9(6-13-14-15)11-2-1-5-19-11/h1-6H,7H2,(H,16,17). The maximum atomic E-state index is 10.7. The zero-order chi connectivity index (χ0) is 13.2. The van der Waals surface area contributed by atoms with Crippen LogP contribution in [0, 0.1) is 0 Å². The Balaban J connectivity index is 1.87. The minimum atomic E-state index is -1.08. The normalized spacial score (nSPS) is 10.7. The maximum Gasteiger partial charge on any atom is 0.371 e. The molecule has 3 aromatic rings. The second kappa shape index (κ2) is 4.69. The monoisotopic (exact) mass is 275 g/mol. The van der Waals surface area contributed by atoms with Gasteiger partial charge in [-0.25, -0.2) is 9.48 Å². The minimum Gasteiger partial charge on any atom is -0.475 e. The van der Waals surface area contributed by atoms with E-state index >= 15 is 0 Å². The van der Waals surface area contributed by atoms with Crippen LogP contribution in [0.2, 0.25) is 0 Å². The zero-order valence-electron chi connectivity index (χ0n) is 9.68. The highest BCUT2D eigenvalue weighted by molar-refractivity contribution is 7.13. The number of aromatic nitrogens is 3. The van der Waals surface area contributed by atoms with E-state index in [1.54, 1.807) is 28.3 Å². The topological polar surface area (TPSA) is 81.1 Å². The fourth-order valence-corrected chi connectivity index (χ4v) is 2.45. The molecular formula is C12H9N3O3S. The van der Waals surface area contributed by atoms with Gasteiger partial charge in [0, 0.05) is 0 Å². The number of aromatic carboxylic acids is 1. The Labute approximate surface area is 111 Å². The average Bonchev–Trinajstić information content (AvgIpc) is 3.09. The molecule has 3 heterocycles. The van der Waals surface area contributed by atoms with Crippen molar-refractivity contribution in [1.29, 1.82) is 0 Å². The second-order valence-corrected chi connectivity index (χ2v) is 4.77. The first-order valence-corrected chi connectivity index (χ1v) is 6.36. The van der Waals surface area contributed by atoms with Gasteiger partial charge in [-0.2, -0.15) is 0 Å². The molecule has 19 heavy (non-hydrogen) atoms. The van der Waals surface area contributed by atoms with E-state index in [1.165, 1.54) is 6.07 Å². The molecule has 6 nitrogen and oxygen atoms in total. The molecule has 0 aliphatic heterocycles. The van der Waals surface area contributed by atoms with Crippen molar-refractivity contribution in [2.45, 2.75) is 6.54 Å². The molecule has 3 rings (SSSR count). The predicted molar refractivity (Wildman–Crippen MR) is 68.1 cm³/mol.